The van der Waals surface area contributed by atoms with Gasteiger partial charge in [0.25, 0.3) is 0 Å². The molecular formula is C9H12N2O. The van der Waals surface area contributed by atoms with Gasteiger partial charge >= 0.3 is 0 Å². The zero-order valence-electron chi connectivity index (χ0n) is 7.32. The number of hydrogen-bond acceptors (Lipinski definition) is 3. The minimum absolute atomic E-state index is 0.586. The Morgan fingerprint density at radius 3 is 3.17 bits per heavy atom. The SMILES string of the molecule is CCC(C)=N/C=C/c1ncco1. The number of aromatic nitrogens is 1. The van der Waals surface area contributed by atoms with E-state index in [2.05, 4.69) is 16.9 Å². The quantitative estimate of drug-likeness (QED) is 0.644. The highest BCUT2D eigenvalue weighted by atomic mass is 16.3. The van der Waals surface area contributed by atoms with Crippen LogP contribution in [0.2, 0.25) is 0 Å². The summed E-state index contributed by atoms with van der Waals surface area (Å²) in [6.45, 7) is 4.05. The van der Waals surface area contributed by atoms with Crippen LogP contribution in [-0.2, 0) is 0 Å². The predicted molar refractivity (Wildman–Crippen MR) is 48.9 cm³/mol. The summed E-state index contributed by atoms with van der Waals surface area (Å²) in [6.07, 6.45) is 7.55. The Balaban J connectivity index is 2.52. The van der Waals surface area contributed by atoms with Crippen molar-refractivity contribution in [2.24, 2.45) is 4.99 Å². The van der Waals surface area contributed by atoms with Crippen molar-refractivity contribution in [3.05, 3.63) is 24.6 Å². The Morgan fingerprint density at radius 1 is 1.75 bits per heavy atom. The maximum Gasteiger partial charge on any atom is 0.220 e. The second kappa shape index (κ2) is 4.49. The summed E-state index contributed by atoms with van der Waals surface area (Å²) >= 11 is 0. The third-order valence-corrected chi connectivity index (χ3v) is 1.48. The summed E-state index contributed by atoms with van der Waals surface area (Å²) in [5.74, 6) is 0.586. The predicted octanol–water partition coefficient (Wildman–Crippen LogP) is 2.52. The smallest absolute Gasteiger partial charge is 0.220 e. The van der Waals surface area contributed by atoms with Crippen molar-refractivity contribution in [3.63, 3.8) is 0 Å². The van der Waals surface area contributed by atoms with Crippen molar-refractivity contribution in [2.45, 2.75) is 20.3 Å². The van der Waals surface area contributed by atoms with E-state index < -0.39 is 0 Å². The highest BCUT2D eigenvalue weighted by Crippen LogP contribution is 1.97. The van der Waals surface area contributed by atoms with Gasteiger partial charge in [-0.25, -0.2) is 4.98 Å². The summed E-state index contributed by atoms with van der Waals surface area (Å²) in [7, 11) is 0. The van der Waals surface area contributed by atoms with E-state index in [9.17, 15) is 0 Å². The van der Waals surface area contributed by atoms with Crippen LogP contribution in [0.5, 0.6) is 0 Å². The first-order valence-corrected chi connectivity index (χ1v) is 3.92. The van der Waals surface area contributed by atoms with Crippen LogP contribution in [0.4, 0.5) is 0 Å². The Kier molecular flexibility index (Phi) is 3.26. The molecule has 0 atom stereocenters. The van der Waals surface area contributed by atoms with Crippen molar-refractivity contribution in [2.75, 3.05) is 0 Å². The van der Waals surface area contributed by atoms with Crippen LogP contribution in [-0.4, -0.2) is 10.7 Å². The number of aliphatic imine (C=N–C) groups is 1. The first kappa shape index (κ1) is 8.71. The van der Waals surface area contributed by atoms with Crippen LogP contribution in [0.3, 0.4) is 0 Å². The lowest BCUT2D eigenvalue weighted by atomic mass is 10.3. The van der Waals surface area contributed by atoms with Gasteiger partial charge in [0, 0.05) is 18.0 Å². The van der Waals surface area contributed by atoms with Crippen LogP contribution in [0.25, 0.3) is 6.08 Å². The number of rotatable bonds is 3. The van der Waals surface area contributed by atoms with Crippen LogP contribution < -0.4 is 0 Å². The first-order valence-electron chi connectivity index (χ1n) is 3.92. The molecule has 1 heterocycles. The molecule has 1 aromatic heterocycles. The number of oxazole rings is 1. The molecule has 0 bridgehead atoms. The zero-order valence-corrected chi connectivity index (χ0v) is 7.32. The van der Waals surface area contributed by atoms with Crippen molar-refractivity contribution in [3.8, 4) is 0 Å². The van der Waals surface area contributed by atoms with Gasteiger partial charge in [-0.2, -0.15) is 0 Å². The molecule has 0 aliphatic heterocycles. The Labute approximate surface area is 71.8 Å². The molecule has 0 saturated heterocycles. The third kappa shape index (κ3) is 2.70. The molecule has 0 fully saturated rings. The van der Waals surface area contributed by atoms with Crippen molar-refractivity contribution >= 4 is 11.8 Å². The largest absolute Gasteiger partial charge is 0.445 e. The first-order chi connectivity index (χ1) is 5.83. The standard InChI is InChI=1S/C9H12N2O/c1-3-8(2)10-5-4-9-11-6-7-12-9/h4-7H,3H2,1-2H3/b5-4+,10-8?. The van der Waals surface area contributed by atoms with E-state index in [0.717, 1.165) is 12.1 Å². The summed E-state index contributed by atoms with van der Waals surface area (Å²) in [5.41, 5.74) is 1.10. The molecule has 0 radical (unpaired) electrons. The average Bonchev–Trinajstić information content (AvgIpc) is 2.57. The van der Waals surface area contributed by atoms with Gasteiger partial charge in [0.15, 0.2) is 0 Å². The van der Waals surface area contributed by atoms with Crippen molar-refractivity contribution in [1.82, 2.24) is 4.98 Å². The Bertz CT molecular complexity index is 273. The van der Waals surface area contributed by atoms with Crippen LogP contribution in [0.1, 0.15) is 26.2 Å². The van der Waals surface area contributed by atoms with E-state index in [1.807, 2.05) is 6.92 Å². The molecule has 12 heavy (non-hydrogen) atoms. The van der Waals surface area contributed by atoms with E-state index in [0.29, 0.717) is 5.89 Å². The zero-order chi connectivity index (χ0) is 8.81. The fourth-order valence-electron chi connectivity index (χ4n) is 0.636. The molecule has 0 saturated carbocycles. The number of hydrogen-bond donors (Lipinski definition) is 0. The lowest BCUT2D eigenvalue weighted by molar-refractivity contribution is 0.546. The highest BCUT2D eigenvalue weighted by Gasteiger charge is 1.87. The minimum atomic E-state index is 0.586. The maximum absolute atomic E-state index is 4.98. The minimum Gasteiger partial charge on any atom is -0.445 e. The van der Waals surface area contributed by atoms with Crippen LogP contribution >= 0.6 is 0 Å². The van der Waals surface area contributed by atoms with Gasteiger partial charge < -0.3 is 4.42 Å². The number of nitrogens with zero attached hydrogens (tertiary/aromatic N) is 2. The van der Waals surface area contributed by atoms with Gasteiger partial charge in [-0.1, -0.05) is 6.92 Å². The Hall–Kier alpha value is -1.38. The lowest BCUT2D eigenvalue weighted by Crippen LogP contribution is -1.83. The molecule has 64 valence electrons. The van der Waals surface area contributed by atoms with E-state index in [4.69, 9.17) is 4.42 Å². The molecule has 3 heteroatoms. The molecular weight excluding hydrogens is 152 g/mol. The maximum atomic E-state index is 4.98. The summed E-state index contributed by atoms with van der Waals surface area (Å²) in [5, 5.41) is 0. The Morgan fingerprint density at radius 2 is 2.58 bits per heavy atom. The van der Waals surface area contributed by atoms with Gasteiger partial charge in [-0.15, -0.1) is 0 Å². The van der Waals surface area contributed by atoms with E-state index >= 15 is 0 Å². The normalized spacial score (nSPS) is 12.7. The molecule has 0 aliphatic rings. The van der Waals surface area contributed by atoms with E-state index in [-0.39, 0.29) is 0 Å². The van der Waals surface area contributed by atoms with Crippen molar-refractivity contribution in [1.29, 1.82) is 0 Å². The van der Waals surface area contributed by atoms with Gasteiger partial charge in [0.2, 0.25) is 5.89 Å². The molecule has 0 aromatic carbocycles. The molecule has 0 unspecified atom stereocenters. The van der Waals surface area contributed by atoms with E-state index in [1.165, 1.54) is 6.26 Å². The van der Waals surface area contributed by atoms with Crippen molar-refractivity contribution < 1.29 is 4.42 Å². The van der Waals surface area contributed by atoms with Crippen LogP contribution in [0, 0.1) is 0 Å². The second-order valence-electron chi connectivity index (χ2n) is 2.40. The topological polar surface area (TPSA) is 38.4 Å². The molecule has 0 aliphatic carbocycles. The summed E-state index contributed by atoms with van der Waals surface area (Å²) in [6, 6.07) is 0. The highest BCUT2D eigenvalue weighted by molar-refractivity contribution is 5.82. The fourth-order valence-corrected chi connectivity index (χ4v) is 0.636. The monoisotopic (exact) mass is 164 g/mol. The molecule has 0 spiro atoms. The summed E-state index contributed by atoms with van der Waals surface area (Å²) < 4.78 is 4.98. The van der Waals surface area contributed by atoms with Gasteiger partial charge in [0.1, 0.15) is 6.26 Å². The molecule has 1 aromatic rings. The van der Waals surface area contributed by atoms with E-state index in [1.54, 1.807) is 18.5 Å². The van der Waals surface area contributed by atoms with Gasteiger partial charge in [-0.3, -0.25) is 4.99 Å². The molecule has 0 N–H and O–H groups in total. The lowest BCUT2D eigenvalue weighted by Gasteiger charge is -1.87. The summed E-state index contributed by atoms with van der Waals surface area (Å²) in [4.78, 5) is 8.07. The molecule has 1 rings (SSSR count). The third-order valence-electron chi connectivity index (χ3n) is 1.48. The van der Waals surface area contributed by atoms with Crippen LogP contribution in [0.15, 0.2) is 28.1 Å². The second-order valence-corrected chi connectivity index (χ2v) is 2.40. The van der Waals surface area contributed by atoms with Gasteiger partial charge in [0.05, 0.1) is 6.20 Å². The van der Waals surface area contributed by atoms with Gasteiger partial charge in [-0.05, 0) is 13.3 Å². The fraction of sp³-hybridized carbons (Fsp3) is 0.333. The average molecular weight is 164 g/mol. The molecule has 3 nitrogen and oxygen atoms in total. The molecule has 0 amide bonds.